The minimum Gasteiger partial charge on any atom is -0.300 e. The van der Waals surface area contributed by atoms with Gasteiger partial charge in [0.1, 0.15) is 0 Å². The predicted molar refractivity (Wildman–Crippen MR) is 68.3 cm³/mol. The lowest BCUT2D eigenvalue weighted by molar-refractivity contribution is 0.191. The number of unbranched alkanes of at least 4 members (excludes halogenated alkanes) is 1. The quantitative estimate of drug-likeness (QED) is 0.661. The minimum atomic E-state index is 0.978. The van der Waals surface area contributed by atoms with Crippen LogP contribution in [-0.2, 0) is 0 Å². The van der Waals surface area contributed by atoms with Gasteiger partial charge in [-0.1, -0.05) is 46.0 Å². The topological polar surface area (TPSA) is 3.24 Å². The van der Waals surface area contributed by atoms with Crippen LogP contribution in [-0.4, -0.2) is 24.0 Å². The van der Waals surface area contributed by atoms with Crippen molar-refractivity contribution >= 4 is 0 Å². The first kappa shape index (κ1) is 13.0. The molecule has 0 amide bonds. The van der Waals surface area contributed by atoms with Crippen LogP contribution in [0.2, 0.25) is 0 Å². The summed E-state index contributed by atoms with van der Waals surface area (Å²) >= 11 is 0. The number of hydrogen-bond donors (Lipinski definition) is 0. The molecule has 1 aliphatic carbocycles. The molecule has 2 aliphatic rings. The van der Waals surface area contributed by atoms with Gasteiger partial charge in [-0.05, 0) is 38.8 Å². The van der Waals surface area contributed by atoms with E-state index in [9.17, 15) is 0 Å². The van der Waals surface area contributed by atoms with Crippen molar-refractivity contribution in [3.05, 3.63) is 0 Å². The van der Waals surface area contributed by atoms with Crippen molar-refractivity contribution in [1.82, 2.24) is 4.90 Å². The fraction of sp³-hybridized carbons (Fsp3) is 1.00. The Morgan fingerprint density at radius 1 is 0.800 bits per heavy atom. The maximum Gasteiger partial charge on any atom is 0.00952 e. The average Bonchev–Trinajstić information content (AvgIpc) is 2.84. The molecule has 1 saturated heterocycles. The zero-order valence-electron chi connectivity index (χ0n) is 10.8. The van der Waals surface area contributed by atoms with Gasteiger partial charge in [0.2, 0.25) is 0 Å². The first-order valence-corrected chi connectivity index (χ1v) is 7.12. The van der Waals surface area contributed by atoms with Crippen molar-refractivity contribution in [3.63, 3.8) is 0 Å². The van der Waals surface area contributed by atoms with Crippen LogP contribution >= 0.6 is 0 Å². The highest BCUT2D eigenvalue weighted by Gasteiger charge is 2.22. The molecule has 1 aliphatic heterocycles. The lowest BCUT2D eigenvalue weighted by atomic mass is 9.94. The van der Waals surface area contributed by atoms with Crippen LogP contribution in [0.3, 0.4) is 0 Å². The Balaban J connectivity index is 0.000000245. The molecule has 0 radical (unpaired) electrons. The number of rotatable bonds is 2. The molecule has 1 saturated carbocycles. The fourth-order valence-electron chi connectivity index (χ4n) is 2.55. The molecule has 1 heterocycles. The molecule has 15 heavy (non-hydrogen) atoms. The molecule has 0 aromatic carbocycles. The summed E-state index contributed by atoms with van der Waals surface area (Å²) in [6, 6.07) is 0.978. The first-order valence-electron chi connectivity index (χ1n) is 7.12. The summed E-state index contributed by atoms with van der Waals surface area (Å²) in [6.45, 7) is 7.15. The Hall–Kier alpha value is -0.0400. The summed E-state index contributed by atoms with van der Waals surface area (Å²) < 4.78 is 0. The van der Waals surface area contributed by atoms with Gasteiger partial charge in [-0.2, -0.15) is 0 Å². The summed E-state index contributed by atoms with van der Waals surface area (Å²) in [5, 5.41) is 0. The third-order valence-electron chi connectivity index (χ3n) is 3.73. The number of nitrogens with zero attached hydrogens (tertiary/aromatic N) is 1. The van der Waals surface area contributed by atoms with Crippen LogP contribution in [0.4, 0.5) is 0 Å². The standard InChI is InChI=1S/C10H19N.C4H10/c1-2-6-10(7-3-1)11-8-4-5-9-11;1-3-4-2/h10H,1-9H2;3-4H2,1-2H3. The zero-order valence-corrected chi connectivity index (χ0v) is 10.8. The van der Waals surface area contributed by atoms with Gasteiger partial charge in [-0.15, -0.1) is 0 Å². The van der Waals surface area contributed by atoms with Crippen LogP contribution < -0.4 is 0 Å². The van der Waals surface area contributed by atoms with Crippen molar-refractivity contribution in [2.24, 2.45) is 0 Å². The normalized spacial score (nSPS) is 23.6. The Morgan fingerprint density at radius 3 is 1.80 bits per heavy atom. The van der Waals surface area contributed by atoms with E-state index in [1.54, 1.807) is 0 Å². The Labute approximate surface area is 96.2 Å². The summed E-state index contributed by atoms with van der Waals surface area (Å²) in [4.78, 5) is 2.72. The molecule has 2 fully saturated rings. The molecule has 0 unspecified atom stereocenters. The zero-order chi connectivity index (χ0) is 10.9. The maximum absolute atomic E-state index is 2.72. The minimum absolute atomic E-state index is 0.978. The second-order valence-corrected chi connectivity index (χ2v) is 5.03. The number of hydrogen-bond acceptors (Lipinski definition) is 1. The van der Waals surface area contributed by atoms with E-state index >= 15 is 0 Å². The van der Waals surface area contributed by atoms with Crippen LogP contribution in [0.15, 0.2) is 0 Å². The van der Waals surface area contributed by atoms with Gasteiger partial charge in [-0.3, -0.25) is 0 Å². The third-order valence-corrected chi connectivity index (χ3v) is 3.73. The Morgan fingerprint density at radius 2 is 1.33 bits per heavy atom. The van der Waals surface area contributed by atoms with E-state index < -0.39 is 0 Å². The molecule has 0 bridgehead atoms. The van der Waals surface area contributed by atoms with Crippen LogP contribution in [0, 0.1) is 0 Å². The largest absolute Gasteiger partial charge is 0.300 e. The van der Waals surface area contributed by atoms with E-state index in [2.05, 4.69) is 18.7 Å². The van der Waals surface area contributed by atoms with E-state index in [0.717, 1.165) is 6.04 Å². The lowest BCUT2D eigenvalue weighted by Gasteiger charge is -2.30. The van der Waals surface area contributed by atoms with Crippen LogP contribution in [0.1, 0.15) is 71.6 Å². The second-order valence-electron chi connectivity index (χ2n) is 5.03. The van der Waals surface area contributed by atoms with E-state index in [1.165, 1.54) is 70.9 Å². The second kappa shape index (κ2) is 8.15. The summed E-state index contributed by atoms with van der Waals surface area (Å²) in [6.07, 6.45) is 13.0. The third kappa shape index (κ3) is 5.01. The van der Waals surface area contributed by atoms with Gasteiger partial charge in [0.25, 0.3) is 0 Å². The highest BCUT2D eigenvalue weighted by atomic mass is 15.2. The molecule has 0 spiro atoms. The molecule has 90 valence electrons. The molecular formula is C14H29N. The molecule has 0 atom stereocenters. The fourth-order valence-corrected chi connectivity index (χ4v) is 2.55. The molecule has 2 rings (SSSR count). The van der Waals surface area contributed by atoms with Crippen LogP contribution in [0.25, 0.3) is 0 Å². The van der Waals surface area contributed by atoms with Crippen molar-refractivity contribution in [2.45, 2.75) is 77.7 Å². The molecule has 0 aromatic rings. The van der Waals surface area contributed by atoms with Gasteiger partial charge < -0.3 is 4.90 Å². The number of likely N-dealkylation sites (tertiary alicyclic amines) is 1. The van der Waals surface area contributed by atoms with Crippen molar-refractivity contribution < 1.29 is 0 Å². The average molecular weight is 211 g/mol. The molecule has 0 aromatic heterocycles. The van der Waals surface area contributed by atoms with E-state index in [1.807, 2.05) is 0 Å². The van der Waals surface area contributed by atoms with Crippen LogP contribution in [0.5, 0.6) is 0 Å². The predicted octanol–water partition coefficient (Wildman–Crippen LogP) is 4.22. The molecular weight excluding hydrogens is 182 g/mol. The van der Waals surface area contributed by atoms with E-state index in [-0.39, 0.29) is 0 Å². The van der Waals surface area contributed by atoms with E-state index in [4.69, 9.17) is 0 Å². The Bertz CT molecular complexity index is 130. The van der Waals surface area contributed by atoms with E-state index in [0.29, 0.717) is 0 Å². The van der Waals surface area contributed by atoms with Gasteiger partial charge in [0.15, 0.2) is 0 Å². The van der Waals surface area contributed by atoms with Gasteiger partial charge >= 0.3 is 0 Å². The first-order chi connectivity index (χ1) is 7.38. The summed E-state index contributed by atoms with van der Waals surface area (Å²) in [5.74, 6) is 0. The van der Waals surface area contributed by atoms with Gasteiger partial charge in [0.05, 0.1) is 0 Å². The Kier molecular flexibility index (Phi) is 7.08. The van der Waals surface area contributed by atoms with Crippen molar-refractivity contribution in [2.75, 3.05) is 13.1 Å². The van der Waals surface area contributed by atoms with Gasteiger partial charge in [-0.25, -0.2) is 0 Å². The van der Waals surface area contributed by atoms with Crippen molar-refractivity contribution in [1.29, 1.82) is 0 Å². The van der Waals surface area contributed by atoms with Crippen molar-refractivity contribution in [3.8, 4) is 0 Å². The van der Waals surface area contributed by atoms with Gasteiger partial charge in [0, 0.05) is 6.04 Å². The summed E-state index contributed by atoms with van der Waals surface area (Å²) in [7, 11) is 0. The highest BCUT2D eigenvalue weighted by molar-refractivity contribution is 4.78. The monoisotopic (exact) mass is 211 g/mol. The molecule has 0 N–H and O–H groups in total. The molecule has 1 heteroatoms. The lowest BCUT2D eigenvalue weighted by Crippen LogP contribution is -2.34. The highest BCUT2D eigenvalue weighted by Crippen LogP contribution is 2.25. The molecule has 1 nitrogen and oxygen atoms in total. The smallest absolute Gasteiger partial charge is 0.00952 e. The summed E-state index contributed by atoms with van der Waals surface area (Å²) in [5.41, 5.74) is 0. The maximum atomic E-state index is 2.72. The SMILES string of the molecule is C1CCC(N2CCCC2)CC1.CCCC.